The van der Waals surface area contributed by atoms with Crippen molar-refractivity contribution in [3.05, 3.63) is 57.8 Å². The summed E-state index contributed by atoms with van der Waals surface area (Å²) in [6.45, 7) is 1.43. The molecular weight excluding hydrogens is 447 g/mol. The lowest BCUT2D eigenvalue weighted by atomic mass is 10.0. The molecule has 0 spiro atoms. The number of nitrogens with zero attached hydrogens (tertiary/aromatic N) is 2. The summed E-state index contributed by atoms with van der Waals surface area (Å²) in [5.41, 5.74) is -0.755. The van der Waals surface area contributed by atoms with Crippen LogP contribution in [0.3, 0.4) is 0 Å². The second kappa shape index (κ2) is 7.94. The van der Waals surface area contributed by atoms with Crippen molar-refractivity contribution in [3.63, 3.8) is 0 Å². The van der Waals surface area contributed by atoms with E-state index in [1.165, 1.54) is 11.3 Å². The van der Waals surface area contributed by atoms with Gasteiger partial charge in [-0.2, -0.15) is 27.1 Å². The Labute approximate surface area is 176 Å². The van der Waals surface area contributed by atoms with Crippen LogP contribution in [-0.4, -0.2) is 30.9 Å². The van der Waals surface area contributed by atoms with Gasteiger partial charge < -0.3 is 5.32 Å². The Morgan fingerprint density at radius 2 is 1.84 bits per heavy atom. The summed E-state index contributed by atoms with van der Waals surface area (Å²) in [6.07, 6.45) is -3.86. The van der Waals surface area contributed by atoms with Crippen LogP contribution in [0.5, 0.6) is 0 Å². The summed E-state index contributed by atoms with van der Waals surface area (Å²) < 4.78 is 94.6. The van der Waals surface area contributed by atoms with Crippen LogP contribution in [0.25, 0.3) is 5.57 Å². The molecule has 2 aliphatic rings. The van der Waals surface area contributed by atoms with Gasteiger partial charge in [-0.05, 0) is 42.8 Å². The molecule has 3 nitrogen and oxygen atoms in total. The average molecular weight is 463 g/mol. The normalized spacial score (nSPS) is 20.1. The van der Waals surface area contributed by atoms with Gasteiger partial charge in [-0.3, -0.25) is 5.01 Å². The molecule has 3 heterocycles. The number of anilines is 1. The monoisotopic (exact) mass is 463 g/mol. The Balaban J connectivity index is 1.74. The largest absolute Gasteiger partial charge is 0.459 e. The van der Waals surface area contributed by atoms with Gasteiger partial charge in [0.25, 0.3) is 0 Å². The Morgan fingerprint density at radius 1 is 1.06 bits per heavy atom. The van der Waals surface area contributed by atoms with Gasteiger partial charge in [0.2, 0.25) is 0 Å². The first-order valence-electron chi connectivity index (χ1n) is 9.34. The molecule has 1 aromatic heterocycles. The van der Waals surface area contributed by atoms with Crippen LogP contribution in [0.4, 0.5) is 36.4 Å². The summed E-state index contributed by atoms with van der Waals surface area (Å²) in [5.74, 6) is -7.19. The molecule has 0 fully saturated rings. The fraction of sp³-hybridized carbons (Fsp3) is 0.350. The van der Waals surface area contributed by atoms with Crippen LogP contribution >= 0.6 is 11.3 Å². The fourth-order valence-corrected chi connectivity index (χ4v) is 4.69. The van der Waals surface area contributed by atoms with Gasteiger partial charge in [0, 0.05) is 28.8 Å². The molecule has 0 radical (unpaired) electrons. The van der Waals surface area contributed by atoms with E-state index in [9.17, 15) is 30.7 Å². The summed E-state index contributed by atoms with van der Waals surface area (Å²) in [5, 5.41) is 7.42. The number of alkyl halides is 5. The lowest BCUT2D eigenvalue weighted by Gasteiger charge is -2.23. The summed E-state index contributed by atoms with van der Waals surface area (Å²) >= 11 is 1.23. The van der Waals surface area contributed by atoms with E-state index in [1.54, 1.807) is 12.1 Å². The highest BCUT2D eigenvalue weighted by molar-refractivity contribution is 7.13. The Bertz CT molecular complexity index is 1040. The first kappa shape index (κ1) is 21.8. The first-order chi connectivity index (χ1) is 14.6. The smallest absolute Gasteiger partial charge is 0.313 e. The van der Waals surface area contributed by atoms with Gasteiger partial charge in [-0.15, -0.1) is 11.3 Å². The molecule has 1 N–H and O–H groups in total. The van der Waals surface area contributed by atoms with E-state index in [0.29, 0.717) is 17.5 Å². The van der Waals surface area contributed by atoms with Crippen molar-refractivity contribution in [3.8, 4) is 0 Å². The fourth-order valence-electron chi connectivity index (χ4n) is 3.53. The third-order valence-electron chi connectivity index (χ3n) is 5.12. The number of benzene rings is 1. The number of nitrogens with one attached hydrogen (secondary N) is 1. The predicted octanol–water partition coefficient (Wildman–Crippen LogP) is 5.91. The van der Waals surface area contributed by atoms with Crippen molar-refractivity contribution in [1.29, 1.82) is 0 Å². The highest BCUT2D eigenvalue weighted by Gasteiger charge is 2.63. The minimum absolute atomic E-state index is 0.379. The number of rotatable bonds is 4. The van der Waals surface area contributed by atoms with E-state index in [-0.39, 0.29) is 5.69 Å². The minimum atomic E-state index is -5.84. The number of hydrogen-bond donors (Lipinski definition) is 1. The number of hydrogen-bond acceptors (Lipinski definition) is 4. The van der Waals surface area contributed by atoms with Crippen molar-refractivity contribution in [2.45, 2.75) is 31.0 Å². The highest BCUT2D eigenvalue weighted by atomic mass is 32.1. The number of halogens is 7. The molecule has 1 atom stereocenters. The zero-order chi connectivity index (χ0) is 22.4. The van der Waals surface area contributed by atoms with Crippen molar-refractivity contribution in [1.82, 2.24) is 5.32 Å². The summed E-state index contributed by atoms with van der Waals surface area (Å²) in [4.78, 5) is 1.31. The van der Waals surface area contributed by atoms with Gasteiger partial charge in [0.05, 0.1) is 11.7 Å². The van der Waals surface area contributed by atoms with Crippen molar-refractivity contribution < 1.29 is 30.7 Å². The zero-order valence-corrected chi connectivity index (χ0v) is 16.6. The third-order valence-corrected chi connectivity index (χ3v) is 6.38. The standard InChI is InChI=1S/C20H16F7N3S/c21-12-1-2-14(13(22)9-12)30-15(10-18(29-30)19(23,24)20(25,26)27)17-4-3-16(31-17)11-5-7-28-8-6-11/h1-5,9,15,28H,6-8,10H2. The topological polar surface area (TPSA) is 27.6 Å². The molecule has 0 amide bonds. The summed E-state index contributed by atoms with van der Waals surface area (Å²) in [6, 6.07) is 4.69. The van der Waals surface area contributed by atoms with E-state index in [4.69, 9.17) is 0 Å². The number of thiophene rings is 1. The summed E-state index contributed by atoms with van der Waals surface area (Å²) in [7, 11) is 0. The maximum Gasteiger partial charge on any atom is 0.459 e. The van der Waals surface area contributed by atoms with Gasteiger partial charge in [-0.1, -0.05) is 6.08 Å². The SMILES string of the molecule is Fc1ccc(N2N=C(C(F)(F)C(F)(F)F)CC2c2ccc(C3=CCNCC3)s2)c(F)c1. The quantitative estimate of drug-likeness (QED) is 0.571. The van der Waals surface area contributed by atoms with Crippen LogP contribution in [0.15, 0.2) is 41.5 Å². The Morgan fingerprint density at radius 3 is 2.48 bits per heavy atom. The van der Waals surface area contributed by atoms with E-state index in [2.05, 4.69) is 10.4 Å². The van der Waals surface area contributed by atoms with Crippen LogP contribution in [-0.2, 0) is 0 Å². The minimum Gasteiger partial charge on any atom is -0.313 e. The molecule has 0 saturated heterocycles. The third kappa shape index (κ3) is 4.08. The van der Waals surface area contributed by atoms with Gasteiger partial charge in [-0.25, -0.2) is 8.78 Å². The second-order valence-corrected chi connectivity index (χ2v) is 8.28. The number of hydrazone groups is 1. The molecule has 166 valence electrons. The van der Waals surface area contributed by atoms with Gasteiger partial charge >= 0.3 is 12.1 Å². The lowest BCUT2D eigenvalue weighted by molar-refractivity contribution is -0.249. The van der Waals surface area contributed by atoms with Crippen molar-refractivity contribution >= 4 is 28.3 Å². The van der Waals surface area contributed by atoms with Crippen LogP contribution < -0.4 is 10.3 Å². The molecular formula is C20H16F7N3S. The van der Waals surface area contributed by atoms with Crippen LogP contribution in [0, 0.1) is 11.6 Å². The van der Waals surface area contributed by atoms with Gasteiger partial charge in [0.15, 0.2) is 5.82 Å². The lowest BCUT2D eigenvalue weighted by Crippen LogP contribution is -2.43. The van der Waals surface area contributed by atoms with Crippen molar-refractivity contribution in [2.24, 2.45) is 5.10 Å². The van der Waals surface area contributed by atoms with E-state index < -0.39 is 41.9 Å². The van der Waals surface area contributed by atoms with Crippen LogP contribution in [0.1, 0.15) is 28.6 Å². The molecule has 4 rings (SSSR count). The molecule has 11 heteroatoms. The molecule has 1 aromatic carbocycles. The first-order valence-corrected chi connectivity index (χ1v) is 10.2. The molecule has 0 bridgehead atoms. The molecule has 31 heavy (non-hydrogen) atoms. The molecule has 2 aliphatic heterocycles. The van der Waals surface area contributed by atoms with E-state index in [1.807, 2.05) is 6.08 Å². The predicted molar refractivity (Wildman–Crippen MR) is 104 cm³/mol. The maximum absolute atomic E-state index is 14.4. The molecule has 2 aromatic rings. The van der Waals surface area contributed by atoms with E-state index >= 15 is 0 Å². The average Bonchev–Trinajstić information content (AvgIpc) is 3.35. The highest BCUT2D eigenvalue weighted by Crippen LogP contribution is 2.46. The van der Waals surface area contributed by atoms with E-state index in [0.717, 1.165) is 40.6 Å². The second-order valence-electron chi connectivity index (χ2n) is 7.16. The Hall–Kier alpha value is -2.40. The molecule has 0 aliphatic carbocycles. The van der Waals surface area contributed by atoms with Crippen molar-refractivity contribution in [2.75, 3.05) is 18.1 Å². The molecule has 0 saturated carbocycles. The maximum atomic E-state index is 14.4. The van der Waals surface area contributed by atoms with Crippen LogP contribution in [0.2, 0.25) is 0 Å². The van der Waals surface area contributed by atoms with Gasteiger partial charge in [0.1, 0.15) is 11.5 Å². The molecule has 1 unspecified atom stereocenters. The Kier molecular flexibility index (Phi) is 5.59. The zero-order valence-electron chi connectivity index (χ0n) is 15.8.